The van der Waals surface area contributed by atoms with Crippen LogP contribution in [-0.4, -0.2) is 39.0 Å². The molecule has 0 unspecified atom stereocenters. The average Bonchev–Trinajstić information content (AvgIpc) is 3.07. The van der Waals surface area contributed by atoms with Crippen molar-refractivity contribution >= 4 is 21.9 Å². The maximum Gasteiger partial charge on any atom is 0.277 e. The van der Waals surface area contributed by atoms with Crippen molar-refractivity contribution in [2.45, 2.75) is 13.0 Å². The summed E-state index contributed by atoms with van der Waals surface area (Å²) in [4.78, 5) is 20.5. The molecule has 0 aliphatic rings. The fourth-order valence-electron chi connectivity index (χ4n) is 3.25. The van der Waals surface area contributed by atoms with E-state index >= 15 is 0 Å². The molecule has 4 rings (SSSR count). The van der Waals surface area contributed by atoms with Crippen LogP contribution >= 0.6 is 0 Å². The molecular weight excluding hydrogens is 362 g/mol. The first-order chi connectivity index (χ1) is 13.5. The third-order valence-electron chi connectivity index (χ3n) is 4.76. The predicted molar refractivity (Wildman–Crippen MR) is 104 cm³/mol. The average molecular weight is 381 g/mol. The molecule has 0 atom stereocenters. The van der Waals surface area contributed by atoms with Crippen LogP contribution in [0.15, 0.2) is 41.5 Å². The molecule has 2 heterocycles. The lowest BCUT2D eigenvalue weighted by molar-refractivity contribution is 0.356. The van der Waals surface area contributed by atoms with Crippen molar-refractivity contribution < 1.29 is 19.7 Å². The fourth-order valence-corrected chi connectivity index (χ4v) is 3.25. The number of aryl methyl sites for hydroxylation is 2. The quantitative estimate of drug-likeness (QED) is 0.458. The number of phenols is 2. The number of aromatic amines is 1. The Hall–Kier alpha value is -3.68. The minimum atomic E-state index is -0.192. The first-order valence-corrected chi connectivity index (χ1v) is 8.65. The van der Waals surface area contributed by atoms with Gasteiger partial charge in [-0.15, -0.1) is 0 Å². The van der Waals surface area contributed by atoms with Crippen LogP contribution < -0.4 is 15.0 Å². The summed E-state index contributed by atoms with van der Waals surface area (Å²) >= 11 is 0. The number of nitrogens with one attached hydrogen (secondary N) is 1. The van der Waals surface area contributed by atoms with Crippen molar-refractivity contribution in [2.75, 3.05) is 14.2 Å². The Balaban J connectivity index is 1.72. The van der Waals surface area contributed by atoms with Gasteiger partial charge in [-0.3, -0.25) is 9.36 Å². The van der Waals surface area contributed by atoms with E-state index in [1.807, 2.05) is 0 Å². The van der Waals surface area contributed by atoms with Crippen LogP contribution in [0.3, 0.4) is 0 Å². The molecule has 8 nitrogen and oxygen atoms in total. The number of benzene rings is 2. The van der Waals surface area contributed by atoms with Gasteiger partial charge in [0.25, 0.3) is 5.56 Å². The van der Waals surface area contributed by atoms with Gasteiger partial charge < -0.3 is 24.7 Å². The fraction of sp³-hybridized carbons (Fsp3) is 0.200. The largest absolute Gasteiger partial charge is 0.504 e. The van der Waals surface area contributed by atoms with E-state index in [0.29, 0.717) is 35.5 Å². The molecule has 0 amide bonds. The number of aromatic nitrogens is 3. The molecule has 8 heteroatoms. The number of fused-ring (bicyclic) bond motifs is 3. The summed E-state index contributed by atoms with van der Waals surface area (Å²) in [5.74, 6) is 0.771. The Morgan fingerprint density at radius 3 is 2.54 bits per heavy atom. The molecule has 3 N–H and O–H groups in total. The molecule has 0 radical (unpaired) electrons. The van der Waals surface area contributed by atoms with Gasteiger partial charge in [-0.2, -0.15) is 0 Å². The van der Waals surface area contributed by atoms with Gasteiger partial charge in [0.1, 0.15) is 11.0 Å². The van der Waals surface area contributed by atoms with Gasteiger partial charge in [-0.25, -0.2) is 4.98 Å². The normalized spacial score (nSPS) is 11.2. The van der Waals surface area contributed by atoms with Crippen molar-refractivity contribution in [2.24, 2.45) is 0 Å². The molecule has 0 spiro atoms. The van der Waals surface area contributed by atoms with Crippen molar-refractivity contribution in [3.8, 4) is 23.0 Å². The number of nitrogens with zero attached hydrogens (tertiary/aromatic N) is 2. The Bertz CT molecular complexity index is 1240. The molecule has 4 aromatic rings. The van der Waals surface area contributed by atoms with E-state index in [2.05, 4.69) is 9.97 Å². The summed E-state index contributed by atoms with van der Waals surface area (Å²) in [6.07, 6.45) is 2.01. The monoisotopic (exact) mass is 381 g/mol. The Morgan fingerprint density at radius 1 is 1.07 bits per heavy atom. The number of phenolic OH excluding ortho intramolecular Hbond substituents is 2. The lowest BCUT2D eigenvalue weighted by atomic mass is 10.1. The molecule has 0 aliphatic heterocycles. The van der Waals surface area contributed by atoms with Gasteiger partial charge in [0.2, 0.25) is 0 Å². The number of H-pyrrole nitrogens is 1. The zero-order chi connectivity index (χ0) is 19.8. The third-order valence-corrected chi connectivity index (χ3v) is 4.76. The molecule has 0 bridgehead atoms. The summed E-state index contributed by atoms with van der Waals surface area (Å²) < 4.78 is 12.2. The lowest BCUT2D eigenvalue weighted by Crippen LogP contribution is -2.21. The molecular formula is C20H19N3O5. The first-order valence-electron chi connectivity index (χ1n) is 8.65. The summed E-state index contributed by atoms with van der Waals surface area (Å²) in [5.41, 5.74) is 2.31. The van der Waals surface area contributed by atoms with Crippen LogP contribution in [0, 0.1) is 0 Å². The smallest absolute Gasteiger partial charge is 0.277 e. The second-order valence-corrected chi connectivity index (χ2v) is 6.42. The van der Waals surface area contributed by atoms with Crippen LogP contribution in [0.5, 0.6) is 23.0 Å². The number of hydrogen-bond donors (Lipinski definition) is 3. The van der Waals surface area contributed by atoms with Crippen LogP contribution in [0.1, 0.15) is 5.56 Å². The van der Waals surface area contributed by atoms with Gasteiger partial charge in [-0.05, 0) is 30.2 Å². The van der Waals surface area contributed by atoms with E-state index in [1.54, 1.807) is 32.4 Å². The minimum absolute atomic E-state index is 0.173. The molecule has 2 aromatic heterocycles. The van der Waals surface area contributed by atoms with Gasteiger partial charge in [0.15, 0.2) is 23.0 Å². The maximum absolute atomic E-state index is 12.9. The van der Waals surface area contributed by atoms with E-state index < -0.39 is 0 Å². The number of methoxy groups -OCH3 is 2. The topological polar surface area (TPSA) is 110 Å². The Kier molecular flexibility index (Phi) is 4.31. The standard InChI is InChI=1S/C20H19N3O5/c1-27-16-8-12-13(9-17(16)28-2)22-19-18(12)21-10-23(20(19)26)6-5-11-3-4-14(24)15(25)7-11/h3-4,7-10,22,24-25H,5-6H2,1-2H3. The molecule has 0 fully saturated rings. The first kappa shape index (κ1) is 17.7. The summed E-state index contributed by atoms with van der Waals surface area (Å²) in [6.45, 7) is 0.383. The lowest BCUT2D eigenvalue weighted by Gasteiger charge is -2.07. The highest BCUT2D eigenvalue weighted by molar-refractivity contribution is 6.05. The van der Waals surface area contributed by atoms with E-state index in [0.717, 1.165) is 16.5 Å². The maximum atomic E-state index is 12.9. The second kappa shape index (κ2) is 6.80. The van der Waals surface area contributed by atoms with Gasteiger partial charge in [0.05, 0.1) is 26.1 Å². The highest BCUT2D eigenvalue weighted by Crippen LogP contribution is 2.34. The summed E-state index contributed by atoms with van der Waals surface area (Å²) in [7, 11) is 3.11. The van der Waals surface area contributed by atoms with Crippen molar-refractivity contribution in [1.82, 2.24) is 14.5 Å². The van der Waals surface area contributed by atoms with E-state index in [4.69, 9.17) is 9.47 Å². The second-order valence-electron chi connectivity index (χ2n) is 6.42. The third kappa shape index (κ3) is 2.88. The predicted octanol–water partition coefficient (Wildman–Crippen LogP) is 2.55. The van der Waals surface area contributed by atoms with Crippen LogP contribution in [-0.2, 0) is 13.0 Å². The van der Waals surface area contributed by atoms with E-state index in [-0.39, 0.29) is 17.1 Å². The van der Waals surface area contributed by atoms with Crippen LogP contribution in [0.4, 0.5) is 0 Å². The Labute approximate surface area is 159 Å². The molecule has 0 saturated carbocycles. The van der Waals surface area contributed by atoms with Crippen LogP contribution in [0.25, 0.3) is 21.9 Å². The van der Waals surface area contributed by atoms with Crippen LogP contribution in [0.2, 0.25) is 0 Å². The Morgan fingerprint density at radius 2 is 1.82 bits per heavy atom. The minimum Gasteiger partial charge on any atom is -0.504 e. The number of ether oxygens (including phenoxy) is 2. The molecule has 0 aliphatic carbocycles. The van der Waals surface area contributed by atoms with Crippen molar-refractivity contribution in [1.29, 1.82) is 0 Å². The van der Waals surface area contributed by atoms with Gasteiger partial charge in [0, 0.05) is 18.0 Å². The molecule has 28 heavy (non-hydrogen) atoms. The van der Waals surface area contributed by atoms with Crippen molar-refractivity contribution in [3.05, 3.63) is 52.6 Å². The number of hydrogen-bond acceptors (Lipinski definition) is 6. The molecule has 0 saturated heterocycles. The molecule has 144 valence electrons. The SMILES string of the molecule is COc1cc2[nH]c3c(=O)n(CCc4ccc(O)c(O)c4)cnc3c2cc1OC. The van der Waals surface area contributed by atoms with Gasteiger partial charge >= 0.3 is 0 Å². The number of aromatic hydroxyl groups is 2. The van der Waals surface area contributed by atoms with Gasteiger partial charge in [-0.1, -0.05) is 6.07 Å². The van der Waals surface area contributed by atoms with E-state index in [9.17, 15) is 15.0 Å². The zero-order valence-electron chi connectivity index (χ0n) is 15.4. The van der Waals surface area contributed by atoms with Crippen molar-refractivity contribution in [3.63, 3.8) is 0 Å². The number of rotatable bonds is 5. The molecule has 2 aromatic carbocycles. The summed E-state index contributed by atoms with van der Waals surface area (Å²) in [5, 5.41) is 19.8. The zero-order valence-corrected chi connectivity index (χ0v) is 15.4. The summed E-state index contributed by atoms with van der Waals surface area (Å²) in [6, 6.07) is 8.18. The van der Waals surface area contributed by atoms with E-state index in [1.165, 1.54) is 23.0 Å². The highest BCUT2D eigenvalue weighted by atomic mass is 16.5. The highest BCUT2D eigenvalue weighted by Gasteiger charge is 2.15.